The number of benzene rings is 1. The molecule has 2 heterocycles. The van der Waals surface area contributed by atoms with Crippen molar-refractivity contribution in [2.75, 3.05) is 18.0 Å². The van der Waals surface area contributed by atoms with E-state index in [0.717, 1.165) is 25.9 Å². The van der Waals surface area contributed by atoms with Crippen LogP contribution in [-0.2, 0) is 15.5 Å². The standard InChI is InChI=1S/C19H27BF3NO2/c1-13-7-6-10-24(12-13)14-8-9-16(15(11-14)19(21,22)23)20-25-17(2,3)18(4,5)26-20/h8-9,11,13H,6-7,10,12H2,1-5H3. The molecule has 3 rings (SSSR count). The number of piperidine rings is 1. The first-order valence-electron chi connectivity index (χ1n) is 9.22. The van der Waals surface area contributed by atoms with E-state index in [-0.39, 0.29) is 5.46 Å². The number of halogens is 3. The van der Waals surface area contributed by atoms with Crippen LogP contribution in [0.4, 0.5) is 18.9 Å². The van der Waals surface area contributed by atoms with Crippen LogP contribution in [0, 0.1) is 5.92 Å². The van der Waals surface area contributed by atoms with Gasteiger partial charge in [0.2, 0.25) is 0 Å². The smallest absolute Gasteiger partial charge is 0.399 e. The molecule has 3 nitrogen and oxygen atoms in total. The van der Waals surface area contributed by atoms with E-state index < -0.39 is 30.1 Å². The first kappa shape index (κ1) is 19.6. The van der Waals surface area contributed by atoms with Crippen LogP contribution in [0.5, 0.6) is 0 Å². The molecule has 1 aromatic carbocycles. The van der Waals surface area contributed by atoms with Crippen molar-refractivity contribution in [3.8, 4) is 0 Å². The summed E-state index contributed by atoms with van der Waals surface area (Å²) >= 11 is 0. The lowest BCUT2D eigenvalue weighted by atomic mass is 9.75. The van der Waals surface area contributed by atoms with E-state index in [9.17, 15) is 13.2 Å². The minimum atomic E-state index is -4.46. The maximum atomic E-state index is 13.8. The Morgan fingerprint density at radius 2 is 1.73 bits per heavy atom. The normalized spacial score (nSPS) is 25.6. The average molecular weight is 369 g/mol. The van der Waals surface area contributed by atoms with Gasteiger partial charge in [0, 0.05) is 18.8 Å². The van der Waals surface area contributed by atoms with Gasteiger partial charge >= 0.3 is 13.3 Å². The molecule has 0 bridgehead atoms. The Morgan fingerprint density at radius 3 is 2.27 bits per heavy atom. The summed E-state index contributed by atoms with van der Waals surface area (Å²) in [6.07, 6.45) is -2.34. The van der Waals surface area contributed by atoms with Gasteiger partial charge in [-0.15, -0.1) is 0 Å². The van der Waals surface area contributed by atoms with E-state index in [2.05, 4.69) is 6.92 Å². The van der Waals surface area contributed by atoms with Crippen molar-refractivity contribution in [3.63, 3.8) is 0 Å². The number of rotatable bonds is 2. The third-order valence-electron chi connectivity index (χ3n) is 5.87. The van der Waals surface area contributed by atoms with Crippen LogP contribution >= 0.6 is 0 Å². The largest absolute Gasteiger partial charge is 0.495 e. The summed E-state index contributed by atoms with van der Waals surface area (Å²) in [4.78, 5) is 2.04. The third-order valence-corrected chi connectivity index (χ3v) is 5.87. The fraction of sp³-hybridized carbons (Fsp3) is 0.684. The zero-order valence-electron chi connectivity index (χ0n) is 16.1. The Labute approximate surface area is 154 Å². The predicted octanol–water partition coefficient (Wildman–Crippen LogP) is 4.24. The number of hydrogen-bond acceptors (Lipinski definition) is 3. The quantitative estimate of drug-likeness (QED) is 0.728. The molecule has 0 amide bonds. The van der Waals surface area contributed by atoms with Crippen LogP contribution in [0.15, 0.2) is 18.2 Å². The molecule has 7 heteroatoms. The summed E-state index contributed by atoms with van der Waals surface area (Å²) in [6.45, 7) is 11.1. The monoisotopic (exact) mass is 369 g/mol. The molecular weight excluding hydrogens is 342 g/mol. The number of anilines is 1. The SMILES string of the molecule is CC1CCCN(c2ccc(B3OC(C)(C)C(C)(C)O3)c(C(F)(F)F)c2)C1. The summed E-state index contributed by atoms with van der Waals surface area (Å²) in [5.74, 6) is 0.487. The predicted molar refractivity (Wildman–Crippen MR) is 97.8 cm³/mol. The van der Waals surface area contributed by atoms with E-state index >= 15 is 0 Å². The Bertz CT molecular complexity index is 659. The fourth-order valence-corrected chi connectivity index (χ4v) is 3.59. The lowest BCUT2D eigenvalue weighted by Crippen LogP contribution is -2.41. The summed E-state index contributed by atoms with van der Waals surface area (Å²) in [7, 11) is -1.02. The summed E-state index contributed by atoms with van der Waals surface area (Å²) in [6, 6.07) is 4.52. The lowest BCUT2D eigenvalue weighted by molar-refractivity contribution is -0.136. The molecule has 2 aliphatic rings. The van der Waals surface area contributed by atoms with Crippen LogP contribution in [0.2, 0.25) is 0 Å². The molecule has 144 valence electrons. The van der Waals surface area contributed by atoms with Crippen LogP contribution < -0.4 is 10.4 Å². The molecular formula is C19H27BF3NO2. The van der Waals surface area contributed by atoms with Crippen LogP contribution in [-0.4, -0.2) is 31.4 Å². The first-order chi connectivity index (χ1) is 11.9. The average Bonchev–Trinajstić information content (AvgIpc) is 2.74. The highest BCUT2D eigenvalue weighted by atomic mass is 19.4. The molecule has 26 heavy (non-hydrogen) atoms. The highest BCUT2D eigenvalue weighted by Crippen LogP contribution is 2.39. The van der Waals surface area contributed by atoms with Crippen molar-refractivity contribution in [3.05, 3.63) is 23.8 Å². The molecule has 0 N–H and O–H groups in total. The van der Waals surface area contributed by atoms with E-state index in [0.29, 0.717) is 11.6 Å². The second-order valence-corrected chi connectivity index (χ2v) is 8.55. The van der Waals surface area contributed by atoms with Gasteiger partial charge in [0.05, 0.1) is 16.8 Å². The van der Waals surface area contributed by atoms with Gasteiger partial charge in [-0.3, -0.25) is 0 Å². The van der Waals surface area contributed by atoms with Gasteiger partial charge in [-0.2, -0.15) is 13.2 Å². The van der Waals surface area contributed by atoms with Crippen molar-refractivity contribution >= 4 is 18.3 Å². The van der Waals surface area contributed by atoms with Gasteiger partial charge < -0.3 is 14.2 Å². The van der Waals surface area contributed by atoms with E-state index in [4.69, 9.17) is 9.31 Å². The molecule has 0 aromatic heterocycles. The summed E-state index contributed by atoms with van der Waals surface area (Å²) in [5, 5.41) is 0. The molecule has 2 saturated heterocycles. The molecule has 1 aromatic rings. The van der Waals surface area contributed by atoms with Crippen LogP contribution in [0.1, 0.15) is 53.0 Å². The molecule has 2 aliphatic heterocycles. The van der Waals surface area contributed by atoms with Crippen molar-refractivity contribution in [2.24, 2.45) is 5.92 Å². The topological polar surface area (TPSA) is 21.7 Å². The van der Waals surface area contributed by atoms with Gasteiger partial charge in [-0.25, -0.2) is 0 Å². The van der Waals surface area contributed by atoms with Gasteiger partial charge in [0.1, 0.15) is 0 Å². The van der Waals surface area contributed by atoms with Crippen molar-refractivity contribution in [1.29, 1.82) is 0 Å². The Kier molecular flexibility index (Phi) is 4.85. The molecule has 0 aliphatic carbocycles. The summed E-state index contributed by atoms with van der Waals surface area (Å²) in [5.41, 5.74) is -1.37. The fourth-order valence-electron chi connectivity index (χ4n) is 3.59. The van der Waals surface area contributed by atoms with E-state index in [1.165, 1.54) is 12.1 Å². The van der Waals surface area contributed by atoms with E-state index in [1.807, 2.05) is 32.6 Å². The minimum absolute atomic E-state index is 0.0463. The molecule has 0 saturated carbocycles. The van der Waals surface area contributed by atoms with Crippen LogP contribution in [0.25, 0.3) is 0 Å². The summed E-state index contributed by atoms with van der Waals surface area (Å²) < 4.78 is 53.0. The minimum Gasteiger partial charge on any atom is -0.399 e. The molecule has 2 fully saturated rings. The van der Waals surface area contributed by atoms with Crippen LogP contribution in [0.3, 0.4) is 0 Å². The number of hydrogen-bond donors (Lipinski definition) is 0. The van der Waals surface area contributed by atoms with Gasteiger partial charge in [-0.05, 0) is 64.1 Å². The second-order valence-electron chi connectivity index (χ2n) is 8.55. The van der Waals surface area contributed by atoms with Crippen molar-refractivity contribution < 1.29 is 22.5 Å². The number of nitrogens with zero attached hydrogens (tertiary/aromatic N) is 1. The zero-order chi connectivity index (χ0) is 19.3. The zero-order valence-corrected chi connectivity index (χ0v) is 16.1. The lowest BCUT2D eigenvalue weighted by Gasteiger charge is -2.33. The Hall–Kier alpha value is -1.21. The van der Waals surface area contributed by atoms with Gasteiger partial charge in [-0.1, -0.05) is 13.0 Å². The van der Waals surface area contributed by atoms with Crippen molar-refractivity contribution in [1.82, 2.24) is 0 Å². The molecule has 1 atom stereocenters. The first-order valence-corrected chi connectivity index (χ1v) is 9.22. The van der Waals surface area contributed by atoms with Gasteiger partial charge in [0.25, 0.3) is 0 Å². The molecule has 0 radical (unpaired) electrons. The maximum absolute atomic E-state index is 13.8. The Balaban J connectivity index is 1.96. The highest BCUT2D eigenvalue weighted by molar-refractivity contribution is 6.62. The number of alkyl halides is 3. The second kappa shape index (κ2) is 6.45. The highest BCUT2D eigenvalue weighted by Gasteiger charge is 2.53. The molecule has 1 unspecified atom stereocenters. The van der Waals surface area contributed by atoms with Crippen molar-refractivity contribution in [2.45, 2.75) is 64.8 Å². The maximum Gasteiger partial charge on any atom is 0.495 e. The third kappa shape index (κ3) is 3.61. The van der Waals surface area contributed by atoms with E-state index in [1.54, 1.807) is 6.07 Å². The molecule has 0 spiro atoms. The van der Waals surface area contributed by atoms with Gasteiger partial charge in [0.15, 0.2) is 0 Å². The Morgan fingerprint density at radius 1 is 1.12 bits per heavy atom.